The molecule has 17 heavy (non-hydrogen) atoms. The molecule has 1 aliphatic heterocycles. The zero-order valence-electron chi connectivity index (χ0n) is 9.85. The number of fused-ring (bicyclic) bond motifs is 1. The van der Waals surface area contributed by atoms with Crippen molar-refractivity contribution in [2.24, 2.45) is 5.92 Å². The Kier molecular flexibility index (Phi) is 4.40. The molecule has 0 N–H and O–H groups in total. The first-order valence-electron chi connectivity index (χ1n) is 6.43. The van der Waals surface area contributed by atoms with E-state index >= 15 is 0 Å². The molecule has 2 fully saturated rings. The first-order valence-corrected chi connectivity index (χ1v) is 7.35. The van der Waals surface area contributed by atoms with Crippen molar-refractivity contribution < 1.29 is 13.2 Å². The van der Waals surface area contributed by atoms with Crippen molar-refractivity contribution in [1.82, 2.24) is 4.90 Å². The van der Waals surface area contributed by atoms with Crippen LogP contribution >= 0.6 is 15.9 Å². The zero-order chi connectivity index (χ0) is 12.5. The number of hydrogen-bond acceptors (Lipinski definition) is 1. The van der Waals surface area contributed by atoms with E-state index in [1.54, 1.807) is 0 Å². The van der Waals surface area contributed by atoms with Gasteiger partial charge in [-0.25, -0.2) is 0 Å². The Bertz CT molecular complexity index is 255. The van der Waals surface area contributed by atoms with Gasteiger partial charge in [0.15, 0.2) is 0 Å². The van der Waals surface area contributed by atoms with E-state index in [1.165, 1.54) is 25.7 Å². The summed E-state index contributed by atoms with van der Waals surface area (Å²) < 4.78 is 37.7. The largest absolute Gasteiger partial charge is 0.402 e. The van der Waals surface area contributed by atoms with Crippen LogP contribution in [0.5, 0.6) is 0 Å². The molecule has 2 rings (SSSR count). The lowest BCUT2D eigenvalue weighted by Gasteiger charge is -2.45. The molecule has 0 aromatic rings. The Morgan fingerprint density at radius 3 is 2.47 bits per heavy atom. The fraction of sp³-hybridized carbons (Fsp3) is 1.00. The summed E-state index contributed by atoms with van der Waals surface area (Å²) in [5, 5.41) is 0. The second-order valence-electron chi connectivity index (χ2n) is 5.26. The maximum Gasteiger partial charge on any atom is 0.402 e. The number of nitrogens with zero attached hydrogens (tertiary/aromatic N) is 1. The molecule has 0 amide bonds. The minimum Gasteiger partial charge on any atom is -0.299 e. The summed E-state index contributed by atoms with van der Waals surface area (Å²) in [7, 11) is 0. The van der Waals surface area contributed by atoms with Crippen LogP contribution in [-0.2, 0) is 0 Å². The predicted octanol–water partition coefficient (Wildman–Crippen LogP) is 3.97. The van der Waals surface area contributed by atoms with Gasteiger partial charge in [0.05, 0.1) is 0 Å². The van der Waals surface area contributed by atoms with Gasteiger partial charge in [0, 0.05) is 12.6 Å². The fourth-order valence-corrected chi connectivity index (χ4v) is 3.64. The fourth-order valence-electron chi connectivity index (χ4n) is 3.26. The Hall–Kier alpha value is 0.230. The third-order valence-electron chi connectivity index (χ3n) is 4.11. The van der Waals surface area contributed by atoms with E-state index in [2.05, 4.69) is 20.8 Å². The first kappa shape index (κ1) is 13.7. The summed E-state index contributed by atoms with van der Waals surface area (Å²) in [6, 6.07) is 0.403. The maximum atomic E-state index is 12.6. The van der Waals surface area contributed by atoms with E-state index in [4.69, 9.17) is 0 Å². The van der Waals surface area contributed by atoms with E-state index in [1.807, 2.05) is 0 Å². The Morgan fingerprint density at radius 2 is 1.76 bits per heavy atom. The highest BCUT2D eigenvalue weighted by Crippen LogP contribution is 2.37. The van der Waals surface area contributed by atoms with Gasteiger partial charge in [0.1, 0.15) is 4.83 Å². The minimum absolute atomic E-state index is 0.116. The molecule has 0 aromatic heterocycles. The van der Waals surface area contributed by atoms with Gasteiger partial charge in [-0.2, -0.15) is 13.2 Å². The van der Waals surface area contributed by atoms with Gasteiger partial charge in [0.2, 0.25) is 0 Å². The van der Waals surface area contributed by atoms with Crippen molar-refractivity contribution >= 4 is 15.9 Å². The van der Waals surface area contributed by atoms with Crippen LogP contribution < -0.4 is 0 Å². The lowest BCUT2D eigenvalue weighted by atomic mass is 9.78. The third-order valence-corrected chi connectivity index (χ3v) is 4.92. The van der Waals surface area contributed by atoms with E-state index in [0.29, 0.717) is 12.0 Å². The van der Waals surface area contributed by atoms with Crippen LogP contribution in [0.3, 0.4) is 0 Å². The number of halogens is 4. The number of piperidine rings is 1. The SMILES string of the molecule is FC(F)(F)C(Br)CN1CCCC2CCCCC21. The van der Waals surface area contributed by atoms with Gasteiger partial charge >= 0.3 is 6.18 Å². The molecular formula is C12H19BrF3N. The molecule has 1 heterocycles. The third kappa shape index (κ3) is 3.37. The van der Waals surface area contributed by atoms with E-state index < -0.39 is 11.0 Å². The van der Waals surface area contributed by atoms with Crippen molar-refractivity contribution in [2.75, 3.05) is 13.1 Å². The molecular weight excluding hydrogens is 295 g/mol. The van der Waals surface area contributed by atoms with Crippen LogP contribution in [0, 0.1) is 5.92 Å². The van der Waals surface area contributed by atoms with Crippen molar-refractivity contribution in [3.8, 4) is 0 Å². The average Bonchev–Trinajstić information content (AvgIpc) is 2.28. The topological polar surface area (TPSA) is 3.24 Å². The lowest BCUT2D eigenvalue weighted by molar-refractivity contribution is -0.133. The molecule has 1 nitrogen and oxygen atoms in total. The van der Waals surface area contributed by atoms with Crippen LogP contribution in [0.2, 0.25) is 0 Å². The van der Waals surface area contributed by atoms with Gasteiger partial charge in [0.25, 0.3) is 0 Å². The molecule has 0 bridgehead atoms. The highest BCUT2D eigenvalue weighted by molar-refractivity contribution is 9.09. The molecule has 3 unspecified atom stereocenters. The van der Waals surface area contributed by atoms with Crippen LogP contribution in [0.15, 0.2) is 0 Å². The Labute approximate surface area is 109 Å². The smallest absolute Gasteiger partial charge is 0.299 e. The summed E-state index contributed by atoms with van der Waals surface area (Å²) >= 11 is 2.78. The van der Waals surface area contributed by atoms with Gasteiger partial charge in [-0.1, -0.05) is 28.8 Å². The Morgan fingerprint density at radius 1 is 1.12 bits per heavy atom. The molecule has 100 valence electrons. The van der Waals surface area contributed by atoms with Gasteiger partial charge in [-0.15, -0.1) is 0 Å². The highest BCUT2D eigenvalue weighted by Gasteiger charge is 2.41. The summed E-state index contributed by atoms with van der Waals surface area (Å²) in [4.78, 5) is 0.691. The number of alkyl halides is 4. The standard InChI is InChI=1S/C12H19BrF3N/c13-11(12(14,15)16)8-17-7-3-5-9-4-1-2-6-10(9)17/h9-11H,1-8H2. The van der Waals surface area contributed by atoms with Crippen LogP contribution in [0.1, 0.15) is 38.5 Å². The number of likely N-dealkylation sites (tertiary alicyclic amines) is 1. The molecule has 5 heteroatoms. The molecule has 1 aliphatic carbocycles. The van der Waals surface area contributed by atoms with Crippen LogP contribution in [-0.4, -0.2) is 35.0 Å². The van der Waals surface area contributed by atoms with Crippen LogP contribution in [0.25, 0.3) is 0 Å². The normalized spacial score (nSPS) is 33.2. The maximum absolute atomic E-state index is 12.6. The molecule has 2 aliphatic rings. The molecule has 0 aromatic carbocycles. The summed E-state index contributed by atoms with van der Waals surface area (Å²) in [6.45, 7) is 0.948. The predicted molar refractivity (Wildman–Crippen MR) is 65.3 cm³/mol. The Balaban J connectivity index is 1.95. The molecule has 0 radical (unpaired) electrons. The average molecular weight is 314 g/mol. The summed E-state index contributed by atoms with van der Waals surface area (Å²) in [5.74, 6) is 0.644. The van der Waals surface area contributed by atoms with Crippen molar-refractivity contribution in [1.29, 1.82) is 0 Å². The summed E-state index contributed by atoms with van der Waals surface area (Å²) in [6.07, 6.45) is 2.87. The molecule has 3 atom stereocenters. The minimum atomic E-state index is -4.12. The van der Waals surface area contributed by atoms with Gasteiger partial charge < -0.3 is 0 Å². The van der Waals surface area contributed by atoms with E-state index in [9.17, 15) is 13.2 Å². The molecule has 1 saturated carbocycles. The quantitative estimate of drug-likeness (QED) is 0.697. The van der Waals surface area contributed by atoms with Crippen molar-refractivity contribution in [3.63, 3.8) is 0 Å². The van der Waals surface area contributed by atoms with Crippen molar-refractivity contribution in [3.05, 3.63) is 0 Å². The zero-order valence-corrected chi connectivity index (χ0v) is 11.4. The van der Waals surface area contributed by atoms with E-state index in [0.717, 1.165) is 19.4 Å². The first-order chi connectivity index (χ1) is 7.98. The second kappa shape index (κ2) is 5.47. The van der Waals surface area contributed by atoms with Gasteiger partial charge in [-0.05, 0) is 38.1 Å². The highest BCUT2D eigenvalue weighted by atomic mass is 79.9. The number of rotatable bonds is 2. The molecule has 0 spiro atoms. The second-order valence-corrected chi connectivity index (χ2v) is 6.36. The van der Waals surface area contributed by atoms with E-state index in [-0.39, 0.29) is 6.54 Å². The lowest BCUT2D eigenvalue weighted by Crippen LogP contribution is -2.50. The monoisotopic (exact) mass is 313 g/mol. The number of hydrogen-bond donors (Lipinski definition) is 0. The van der Waals surface area contributed by atoms with Crippen LogP contribution in [0.4, 0.5) is 13.2 Å². The van der Waals surface area contributed by atoms with Gasteiger partial charge in [-0.3, -0.25) is 4.90 Å². The molecule has 1 saturated heterocycles. The summed E-state index contributed by atoms with van der Waals surface area (Å²) in [5.41, 5.74) is 0. The van der Waals surface area contributed by atoms with Crippen molar-refractivity contribution in [2.45, 2.75) is 55.6 Å².